The summed E-state index contributed by atoms with van der Waals surface area (Å²) in [7, 11) is 0. The van der Waals surface area contributed by atoms with Gasteiger partial charge in [0.2, 0.25) is 0 Å². The summed E-state index contributed by atoms with van der Waals surface area (Å²) in [5.74, 6) is -0.851. The van der Waals surface area contributed by atoms with E-state index in [0.29, 0.717) is 0 Å². The van der Waals surface area contributed by atoms with Crippen molar-refractivity contribution in [3.63, 3.8) is 0 Å². The minimum atomic E-state index is -0.701. The average molecular weight is 326 g/mol. The van der Waals surface area contributed by atoms with E-state index in [1.165, 1.54) is 0 Å². The molecule has 2 atom stereocenters. The molecule has 0 saturated heterocycles. The Bertz CT molecular complexity index is 659. The zero-order valence-corrected chi connectivity index (χ0v) is 13.9. The van der Waals surface area contributed by atoms with Crippen molar-refractivity contribution in [1.82, 2.24) is 10.3 Å². The molecule has 5 heteroatoms. The maximum absolute atomic E-state index is 12.4. The number of rotatable bonds is 7. The lowest BCUT2D eigenvalue weighted by atomic mass is 9.99. The average Bonchev–Trinajstić information content (AvgIpc) is 2.65. The molecule has 1 amide bonds. The smallest absolute Gasteiger partial charge is 0.329 e. The first kappa shape index (κ1) is 17.7. The van der Waals surface area contributed by atoms with Gasteiger partial charge in [0.25, 0.3) is 5.91 Å². The lowest BCUT2D eigenvalue weighted by Crippen LogP contribution is -2.46. The third kappa shape index (κ3) is 4.91. The van der Waals surface area contributed by atoms with Gasteiger partial charge in [-0.3, -0.25) is 9.78 Å². The Kier molecular flexibility index (Phi) is 6.49. The molecule has 1 unspecified atom stereocenters. The second-order valence-electron chi connectivity index (χ2n) is 5.64. The number of benzene rings is 1. The van der Waals surface area contributed by atoms with Crippen molar-refractivity contribution in [3.8, 4) is 0 Å². The fourth-order valence-corrected chi connectivity index (χ4v) is 2.20. The number of nitrogens with one attached hydrogen (secondary N) is 1. The van der Waals surface area contributed by atoms with E-state index < -0.39 is 12.0 Å². The first-order valence-electron chi connectivity index (χ1n) is 8.04. The monoisotopic (exact) mass is 326 g/mol. The predicted octanol–water partition coefficient (Wildman–Crippen LogP) is 2.97. The summed E-state index contributed by atoms with van der Waals surface area (Å²) in [4.78, 5) is 28.7. The Hall–Kier alpha value is -2.69. The topological polar surface area (TPSA) is 68.3 Å². The van der Waals surface area contributed by atoms with Gasteiger partial charge < -0.3 is 10.1 Å². The van der Waals surface area contributed by atoms with Crippen LogP contribution in [0.3, 0.4) is 0 Å². The van der Waals surface area contributed by atoms with Crippen LogP contribution in [0.4, 0.5) is 0 Å². The zero-order chi connectivity index (χ0) is 17.4. The lowest BCUT2D eigenvalue weighted by Gasteiger charge is -2.22. The summed E-state index contributed by atoms with van der Waals surface area (Å²) >= 11 is 0. The Morgan fingerprint density at radius 3 is 2.46 bits per heavy atom. The number of hydrogen-bond donors (Lipinski definition) is 1. The van der Waals surface area contributed by atoms with E-state index in [9.17, 15) is 9.59 Å². The minimum absolute atomic E-state index is 0.0408. The van der Waals surface area contributed by atoms with Gasteiger partial charge in [-0.15, -0.1) is 0 Å². The van der Waals surface area contributed by atoms with E-state index in [0.717, 1.165) is 12.0 Å². The number of esters is 1. The molecule has 0 fully saturated rings. The van der Waals surface area contributed by atoms with Crippen molar-refractivity contribution < 1.29 is 14.3 Å². The third-order valence-corrected chi connectivity index (χ3v) is 3.87. The first-order chi connectivity index (χ1) is 11.6. The van der Waals surface area contributed by atoms with Gasteiger partial charge in [-0.2, -0.15) is 0 Å². The van der Waals surface area contributed by atoms with Crippen LogP contribution in [0.2, 0.25) is 0 Å². The lowest BCUT2D eigenvalue weighted by molar-refractivity contribution is -0.148. The predicted molar refractivity (Wildman–Crippen MR) is 91.2 cm³/mol. The van der Waals surface area contributed by atoms with Gasteiger partial charge in [-0.05, 0) is 23.6 Å². The molecule has 5 nitrogen and oxygen atoms in total. The highest BCUT2D eigenvalue weighted by Gasteiger charge is 2.28. The summed E-state index contributed by atoms with van der Waals surface area (Å²) in [6.45, 7) is 4.06. The first-order valence-corrected chi connectivity index (χ1v) is 8.04. The second kappa shape index (κ2) is 8.82. The fraction of sp³-hybridized carbons (Fsp3) is 0.316. The van der Waals surface area contributed by atoms with E-state index in [1.54, 1.807) is 24.4 Å². The number of pyridine rings is 1. The van der Waals surface area contributed by atoms with Crippen LogP contribution in [0, 0.1) is 5.92 Å². The van der Waals surface area contributed by atoms with Crippen LogP contribution in [0.25, 0.3) is 0 Å². The van der Waals surface area contributed by atoms with Crippen molar-refractivity contribution in [2.45, 2.75) is 32.9 Å². The number of carbonyl (C=O) groups is 2. The Labute approximate surface area is 142 Å². The normalized spacial score (nSPS) is 12.9. The summed E-state index contributed by atoms with van der Waals surface area (Å²) in [5.41, 5.74) is 1.19. The Balaban J connectivity index is 2.02. The SMILES string of the molecule is CCC(C)[C@H](NC(=O)c1ccccn1)C(=O)OCc1ccccc1. The molecule has 2 aromatic rings. The number of hydrogen-bond acceptors (Lipinski definition) is 4. The van der Waals surface area contributed by atoms with Crippen LogP contribution < -0.4 is 5.32 Å². The quantitative estimate of drug-likeness (QED) is 0.794. The molecule has 126 valence electrons. The summed E-state index contributed by atoms with van der Waals surface area (Å²) in [6.07, 6.45) is 2.29. The third-order valence-electron chi connectivity index (χ3n) is 3.87. The Morgan fingerprint density at radius 1 is 1.12 bits per heavy atom. The summed E-state index contributed by atoms with van der Waals surface area (Å²) in [6, 6.07) is 13.8. The highest BCUT2D eigenvalue weighted by molar-refractivity contribution is 5.95. The van der Waals surface area contributed by atoms with Gasteiger partial charge >= 0.3 is 5.97 Å². The van der Waals surface area contributed by atoms with Gasteiger partial charge in [0.1, 0.15) is 18.3 Å². The van der Waals surface area contributed by atoms with Gasteiger partial charge in [0.15, 0.2) is 0 Å². The standard InChI is InChI=1S/C19H22N2O3/c1-3-14(2)17(21-18(22)16-11-7-8-12-20-16)19(23)24-13-15-9-5-4-6-10-15/h4-12,14,17H,3,13H2,1-2H3,(H,21,22)/t14?,17-/m0/s1. The molecular weight excluding hydrogens is 304 g/mol. The van der Waals surface area contributed by atoms with E-state index in [-0.39, 0.29) is 24.1 Å². The van der Waals surface area contributed by atoms with Crippen molar-refractivity contribution >= 4 is 11.9 Å². The highest BCUT2D eigenvalue weighted by atomic mass is 16.5. The van der Waals surface area contributed by atoms with Crippen molar-refractivity contribution in [2.24, 2.45) is 5.92 Å². The molecule has 1 heterocycles. The second-order valence-corrected chi connectivity index (χ2v) is 5.64. The molecular formula is C19H22N2O3. The van der Waals surface area contributed by atoms with Crippen LogP contribution in [0.5, 0.6) is 0 Å². The molecule has 0 aliphatic rings. The van der Waals surface area contributed by atoms with E-state index in [4.69, 9.17) is 4.74 Å². The van der Waals surface area contributed by atoms with Gasteiger partial charge in [-0.1, -0.05) is 56.7 Å². The number of ether oxygens (including phenoxy) is 1. The molecule has 0 aliphatic heterocycles. The molecule has 24 heavy (non-hydrogen) atoms. The summed E-state index contributed by atoms with van der Waals surface area (Å²) in [5, 5.41) is 2.74. The maximum Gasteiger partial charge on any atom is 0.329 e. The molecule has 0 aliphatic carbocycles. The van der Waals surface area contributed by atoms with Crippen LogP contribution >= 0.6 is 0 Å². The Morgan fingerprint density at radius 2 is 1.83 bits per heavy atom. The van der Waals surface area contributed by atoms with Crippen LogP contribution in [0.1, 0.15) is 36.3 Å². The van der Waals surface area contributed by atoms with Crippen LogP contribution in [-0.2, 0) is 16.1 Å². The highest BCUT2D eigenvalue weighted by Crippen LogP contribution is 2.12. The number of aromatic nitrogens is 1. The van der Waals surface area contributed by atoms with Gasteiger partial charge in [0.05, 0.1) is 0 Å². The van der Waals surface area contributed by atoms with E-state index in [1.807, 2.05) is 44.2 Å². The fourth-order valence-electron chi connectivity index (χ4n) is 2.20. The number of carbonyl (C=O) groups excluding carboxylic acids is 2. The molecule has 1 N–H and O–H groups in total. The summed E-state index contributed by atoms with van der Waals surface area (Å²) < 4.78 is 5.38. The molecule has 1 aromatic carbocycles. The molecule has 1 aromatic heterocycles. The van der Waals surface area contributed by atoms with E-state index >= 15 is 0 Å². The minimum Gasteiger partial charge on any atom is -0.459 e. The van der Waals surface area contributed by atoms with Crippen molar-refractivity contribution in [2.75, 3.05) is 0 Å². The number of nitrogens with zero attached hydrogens (tertiary/aromatic N) is 1. The van der Waals surface area contributed by atoms with Crippen LogP contribution in [0.15, 0.2) is 54.7 Å². The van der Waals surface area contributed by atoms with Crippen LogP contribution in [-0.4, -0.2) is 22.9 Å². The van der Waals surface area contributed by atoms with Gasteiger partial charge in [-0.25, -0.2) is 4.79 Å². The maximum atomic E-state index is 12.4. The van der Waals surface area contributed by atoms with Crippen molar-refractivity contribution in [3.05, 3.63) is 66.0 Å². The molecule has 2 rings (SSSR count). The number of amides is 1. The van der Waals surface area contributed by atoms with Gasteiger partial charge in [0, 0.05) is 6.20 Å². The van der Waals surface area contributed by atoms with E-state index in [2.05, 4.69) is 10.3 Å². The van der Waals surface area contributed by atoms with Crippen molar-refractivity contribution in [1.29, 1.82) is 0 Å². The molecule has 0 bridgehead atoms. The molecule has 0 spiro atoms. The largest absolute Gasteiger partial charge is 0.459 e. The molecule has 0 radical (unpaired) electrons. The zero-order valence-electron chi connectivity index (χ0n) is 13.9. The molecule has 0 saturated carbocycles.